The number of aryl methyl sites for hydroxylation is 1. The van der Waals surface area contributed by atoms with Crippen molar-refractivity contribution in [3.63, 3.8) is 0 Å². The molecule has 26 heavy (non-hydrogen) atoms. The smallest absolute Gasteiger partial charge is 0.221 e. The summed E-state index contributed by atoms with van der Waals surface area (Å²) >= 11 is 0. The lowest BCUT2D eigenvalue weighted by Crippen LogP contribution is -2.06. The summed E-state index contributed by atoms with van der Waals surface area (Å²) in [7, 11) is -3.18. The Morgan fingerprint density at radius 2 is 1.81 bits per heavy atom. The molecule has 0 aliphatic rings. The molecule has 0 saturated heterocycles. The van der Waals surface area contributed by atoms with Crippen molar-refractivity contribution in [3.05, 3.63) is 36.0 Å². The van der Waals surface area contributed by atoms with Crippen LogP contribution >= 0.6 is 0 Å². The lowest BCUT2D eigenvalue weighted by atomic mass is 10.1. The first-order valence-electron chi connectivity index (χ1n) is 8.75. The van der Waals surface area contributed by atoms with Gasteiger partial charge in [-0.05, 0) is 56.4 Å². The molecule has 1 aromatic carbocycles. The van der Waals surface area contributed by atoms with E-state index in [4.69, 9.17) is 16.2 Å². The molecule has 0 spiro atoms. The monoisotopic (exact) mass is 378 g/mol. The first kappa shape index (κ1) is 20.0. The molecule has 4 N–H and O–H groups in total. The van der Waals surface area contributed by atoms with Gasteiger partial charge in [0.1, 0.15) is 11.6 Å². The highest BCUT2D eigenvalue weighted by molar-refractivity contribution is 7.91. The fourth-order valence-corrected chi connectivity index (χ4v) is 3.86. The topological polar surface area (TPSA) is 121 Å². The van der Waals surface area contributed by atoms with E-state index < -0.39 is 9.84 Å². The highest BCUT2D eigenvalue weighted by atomic mass is 32.2. The third-order valence-corrected chi connectivity index (χ3v) is 5.87. The van der Waals surface area contributed by atoms with Gasteiger partial charge >= 0.3 is 0 Å². The maximum absolute atomic E-state index is 12.0. The van der Waals surface area contributed by atoms with Gasteiger partial charge in [0.25, 0.3) is 0 Å². The molecule has 0 aliphatic heterocycles. The van der Waals surface area contributed by atoms with Crippen molar-refractivity contribution in [2.24, 2.45) is 0 Å². The van der Waals surface area contributed by atoms with Gasteiger partial charge in [-0.3, -0.25) is 0 Å². The van der Waals surface area contributed by atoms with Crippen LogP contribution < -0.4 is 16.2 Å². The fraction of sp³-hybridized carbons (Fsp3) is 0.444. The molecule has 0 radical (unpaired) electrons. The molecule has 1 aromatic heterocycles. The Kier molecular flexibility index (Phi) is 7.20. The van der Waals surface area contributed by atoms with Crippen LogP contribution in [0.25, 0.3) is 0 Å². The van der Waals surface area contributed by atoms with Crippen molar-refractivity contribution < 1.29 is 13.2 Å². The zero-order valence-electron chi connectivity index (χ0n) is 15.0. The maximum Gasteiger partial charge on any atom is 0.221 e. The van der Waals surface area contributed by atoms with Crippen LogP contribution in [0, 0.1) is 0 Å². The molecule has 7 nitrogen and oxygen atoms in total. The first-order valence-corrected chi connectivity index (χ1v) is 10.4. The molecule has 0 bridgehead atoms. The number of benzene rings is 1. The molecule has 0 saturated carbocycles. The largest absolute Gasteiger partial charge is 0.494 e. The van der Waals surface area contributed by atoms with Crippen LogP contribution in [0.4, 0.5) is 11.8 Å². The van der Waals surface area contributed by atoms with E-state index in [1.54, 1.807) is 30.5 Å². The predicted molar refractivity (Wildman–Crippen MR) is 103 cm³/mol. The third kappa shape index (κ3) is 5.87. The molecule has 8 heteroatoms. The van der Waals surface area contributed by atoms with Crippen LogP contribution in [-0.4, -0.2) is 30.7 Å². The lowest BCUT2D eigenvalue weighted by Gasteiger charge is -2.08. The number of anilines is 2. The predicted octanol–water partition coefficient (Wildman–Crippen LogP) is 2.62. The number of aromatic nitrogens is 2. The van der Waals surface area contributed by atoms with Crippen LogP contribution in [0.1, 0.15) is 38.2 Å². The summed E-state index contributed by atoms with van der Waals surface area (Å²) in [6, 6.07) is 6.61. The van der Waals surface area contributed by atoms with Gasteiger partial charge in [-0.15, -0.1) is 0 Å². The van der Waals surface area contributed by atoms with Crippen LogP contribution in [-0.2, 0) is 16.3 Å². The zero-order valence-corrected chi connectivity index (χ0v) is 15.8. The summed E-state index contributed by atoms with van der Waals surface area (Å²) in [5, 5.41) is 0. The van der Waals surface area contributed by atoms with Gasteiger partial charge in [-0.2, -0.15) is 4.98 Å². The number of hydrogen-bond donors (Lipinski definition) is 2. The number of nitrogens with two attached hydrogens (primary N) is 2. The van der Waals surface area contributed by atoms with Crippen LogP contribution in [0.15, 0.2) is 35.4 Å². The zero-order chi connectivity index (χ0) is 19.0. The van der Waals surface area contributed by atoms with Gasteiger partial charge in [-0.25, -0.2) is 13.4 Å². The Morgan fingerprint density at radius 3 is 2.46 bits per heavy atom. The Labute approximate surface area is 154 Å². The van der Waals surface area contributed by atoms with Gasteiger partial charge in [-0.1, -0.05) is 6.92 Å². The van der Waals surface area contributed by atoms with Crippen LogP contribution in [0.3, 0.4) is 0 Å². The Hall–Kier alpha value is -2.35. The summed E-state index contributed by atoms with van der Waals surface area (Å²) in [4.78, 5) is 8.23. The third-order valence-electron chi connectivity index (χ3n) is 3.93. The van der Waals surface area contributed by atoms with E-state index in [0.717, 1.165) is 31.2 Å². The SMILES string of the molecule is CCCS(=O)(=O)c1ccc(OCCCCCc2cnc(N)nc2N)cc1. The second-order valence-electron chi connectivity index (χ2n) is 6.09. The molecule has 1 heterocycles. The van der Waals surface area contributed by atoms with Gasteiger partial charge in [0.2, 0.25) is 5.95 Å². The summed E-state index contributed by atoms with van der Waals surface area (Å²) in [6.45, 7) is 2.43. The Bertz CT molecular complexity index is 808. The number of nitrogens with zero attached hydrogens (tertiary/aromatic N) is 2. The average Bonchev–Trinajstić information content (AvgIpc) is 2.60. The minimum atomic E-state index is -3.18. The van der Waals surface area contributed by atoms with Crippen molar-refractivity contribution >= 4 is 21.6 Å². The van der Waals surface area contributed by atoms with Crippen LogP contribution in [0.5, 0.6) is 5.75 Å². The van der Waals surface area contributed by atoms with Crippen molar-refractivity contribution in [2.45, 2.75) is 43.9 Å². The maximum atomic E-state index is 12.0. The van der Waals surface area contributed by atoms with E-state index in [2.05, 4.69) is 9.97 Å². The molecule has 0 aliphatic carbocycles. The fourth-order valence-electron chi connectivity index (χ4n) is 2.54. The van der Waals surface area contributed by atoms with Gasteiger partial charge < -0.3 is 16.2 Å². The van der Waals surface area contributed by atoms with E-state index >= 15 is 0 Å². The summed E-state index contributed by atoms with van der Waals surface area (Å²) in [6.07, 6.45) is 5.90. The van der Waals surface area contributed by atoms with E-state index in [0.29, 0.717) is 29.5 Å². The van der Waals surface area contributed by atoms with E-state index in [1.165, 1.54) is 0 Å². The number of hydrogen-bond acceptors (Lipinski definition) is 7. The van der Waals surface area contributed by atoms with E-state index in [-0.39, 0.29) is 11.7 Å². The molecular formula is C18H26N4O3S. The van der Waals surface area contributed by atoms with Crippen molar-refractivity contribution in [3.8, 4) is 5.75 Å². The lowest BCUT2D eigenvalue weighted by molar-refractivity contribution is 0.305. The number of rotatable bonds is 10. The molecule has 142 valence electrons. The quantitative estimate of drug-likeness (QED) is 0.609. The Balaban J connectivity index is 1.70. The number of nitrogen functional groups attached to an aromatic ring is 2. The van der Waals surface area contributed by atoms with Crippen molar-refractivity contribution in [1.29, 1.82) is 0 Å². The second-order valence-corrected chi connectivity index (χ2v) is 8.20. The van der Waals surface area contributed by atoms with E-state index in [9.17, 15) is 8.42 Å². The normalized spacial score (nSPS) is 11.4. The van der Waals surface area contributed by atoms with Gasteiger partial charge in [0.15, 0.2) is 9.84 Å². The summed E-state index contributed by atoms with van der Waals surface area (Å²) in [5.41, 5.74) is 12.2. The molecule has 0 fully saturated rings. The average molecular weight is 378 g/mol. The Morgan fingerprint density at radius 1 is 1.08 bits per heavy atom. The highest BCUT2D eigenvalue weighted by Crippen LogP contribution is 2.18. The van der Waals surface area contributed by atoms with E-state index in [1.807, 2.05) is 6.92 Å². The van der Waals surface area contributed by atoms with Gasteiger partial charge in [0.05, 0.1) is 17.3 Å². The minimum Gasteiger partial charge on any atom is -0.494 e. The highest BCUT2D eigenvalue weighted by Gasteiger charge is 2.12. The molecule has 2 aromatic rings. The number of ether oxygens (including phenoxy) is 1. The van der Waals surface area contributed by atoms with Gasteiger partial charge in [0, 0.05) is 11.8 Å². The summed E-state index contributed by atoms with van der Waals surface area (Å²) in [5.74, 6) is 1.47. The second kappa shape index (κ2) is 9.38. The summed E-state index contributed by atoms with van der Waals surface area (Å²) < 4.78 is 29.6. The van der Waals surface area contributed by atoms with Crippen LogP contribution in [0.2, 0.25) is 0 Å². The first-order chi connectivity index (χ1) is 12.4. The van der Waals surface area contributed by atoms with Crippen molar-refractivity contribution in [2.75, 3.05) is 23.8 Å². The molecule has 0 atom stereocenters. The molecule has 2 rings (SSSR count). The van der Waals surface area contributed by atoms with Crippen molar-refractivity contribution in [1.82, 2.24) is 9.97 Å². The molecule has 0 unspecified atom stereocenters. The molecular weight excluding hydrogens is 352 g/mol. The number of sulfone groups is 1. The molecule has 0 amide bonds. The standard InChI is InChI=1S/C18H26N4O3S/c1-2-12-26(23,24)16-9-7-15(8-10-16)25-11-5-3-4-6-14-13-21-18(20)22-17(14)19/h7-10,13H,2-6,11-12H2,1H3,(H4,19,20,21,22). The minimum absolute atomic E-state index is 0.163. The number of unbranched alkanes of at least 4 members (excludes halogenated alkanes) is 2.